The van der Waals surface area contributed by atoms with Gasteiger partial charge in [0.2, 0.25) is 0 Å². The topological polar surface area (TPSA) is 52.6 Å². The van der Waals surface area contributed by atoms with Crippen LogP contribution in [-0.2, 0) is 16.1 Å². The molecule has 0 saturated carbocycles. The summed E-state index contributed by atoms with van der Waals surface area (Å²) in [7, 11) is 1.26. The monoisotopic (exact) mass is 284 g/mol. The Labute approximate surface area is 123 Å². The van der Waals surface area contributed by atoms with E-state index in [0.29, 0.717) is 17.9 Å². The second kappa shape index (κ2) is 7.24. The van der Waals surface area contributed by atoms with E-state index >= 15 is 0 Å². The number of ketones is 1. The van der Waals surface area contributed by atoms with Gasteiger partial charge in [-0.3, -0.25) is 9.59 Å². The predicted octanol–water partition coefficient (Wildman–Crippen LogP) is 3.01. The van der Waals surface area contributed by atoms with E-state index in [4.69, 9.17) is 4.74 Å². The SMILES string of the molecule is COC(=O)CC(=O)c1cccc(OCc2ccccc2)c1. The second-order valence-electron chi connectivity index (χ2n) is 4.48. The number of methoxy groups -OCH3 is 1. The minimum atomic E-state index is -0.546. The molecule has 0 radical (unpaired) electrons. The molecule has 0 bridgehead atoms. The molecule has 2 rings (SSSR count). The average molecular weight is 284 g/mol. The maximum atomic E-state index is 11.9. The van der Waals surface area contributed by atoms with Crippen LogP contribution in [0.15, 0.2) is 54.6 Å². The van der Waals surface area contributed by atoms with E-state index in [0.717, 1.165) is 5.56 Å². The van der Waals surface area contributed by atoms with Crippen molar-refractivity contribution < 1.29 is 19.1 Å². The Morgan fingerprint density at radius 1 is 1.00 bits per heavy atom. The summed E-state index contributed by atoms with van der Waals surface area (Å²) in [4.78, 5) is 23.0. The first kappa shape index (κ1) is 14.8. The summed E-state index contributed by atoms with van der Waals surface area (Å²) in [6, 6.07) is 16.5. The number of carbonyl (C=O) groups excluding carboxylic acids is 2. The molecular formula is C17H16O4. The number of ether oxygens (including phenoxy) is 2. The van der Waals surface area contributed by atoms with E-state index in [1.807, 2.05) is 30.3 Å². The van der Waals surface area contributed by atoms with Crippen molar-refractivity contribution in [2.45, 2.75) is 13.0 Å². The lowest BCUT2D eigenvalue weighted by Crippen LogP contribution is -2.09. The van der Waals surface area contributed by atoms with Crippen LogP contribution in [0.25, 0.3) is 0 Å². The quantitative estimate of drug-likeness (QED) is 0.465. The first-order valence-electron chi connectivity index (χ1n) is 6.56. The fourth-order valence-corrected chi connectivity index (χ4v) is 1.81. The molecule has 0 heterocycles. The zero-order valence-electron chi connectivity index (χ0n) is 11.7. The molecule has 108 valence electrons. The summed E-state index contributed by atoms with van der Waals surface area (Å²) < 4.78 is 10.1. The van der Waals surface area contributed by atoms with E-state index in [2.05, 4.69) is 4.74 Å². The summed E-state index contributed by atoms with van der Waals surface area (Å²) in [5, 5.41) is 0. The Balaban J connectivity index is 2.00. The van der Waals surface area contributed by atoms with Crippen LogP contribution in [0, 0.1) is 0 Å². The van der Waals surface area contributed by atoms with E-state index in [9.17, 15) is 9.59 Å². The highest BCUT2D eigenvalue weighted by molar-refractivity contribution is 6.06. The molecule has 4 nitrogen and oxygen atoms in total. The lowest BCUT2D eigenvalue weighted by Gasteiger charge is -2.07. The third kappa shape index (κ3) is 4.45. The first-order valence-corrected chi connectivity index (χ1v) is 6.56. The van der Waals surface area contributed by atoms with Crippen LogP contribution in [0.4, 0.5) is 0 Å². The maximum absolute atomic E-state index is 11.9. The van der Waals surface area contributed by atoms with Gasteiger partial charge in [0.1, 0.15) is 18.8 Å². The number of benzene rings is 2. The van der Waals surface area contributed by atoms with Crippen LogP contribution in [0.1, 0.15) is 22.3 Å². The third-order valence-electron chi connectivity index (χ3n) is 2.94. The number of esters is 1. The van der Waals surface area contributed by atoms with Gasteiger partial charge in [-0.05, 0) is 17.7 Å². The zero-order valence-corrected chi connectivity index (χ0v) is 11.7. The Bertz CT molecular complexity index is 620. The van der Waals surface area contributed by atoms with Gasteiger partial charge < -0.3 is 9.47 Å². The molecule has 0 unspecified atom stereocenters. The summed E-state index contributed by atoms with van der Waals surface area (Å²) in [6.45, 7) is 0.426. The lowest BCUT2D eigenvalue weighted by atomic mass is 10.1. The van der Waals surface area contributed by atoms with Gasteiger partial charge in [0, 0.05) is 5.56 Å². The van der Waals surface area contributed by atoms with E-state index in [1.165, 1.54) is 7.11 Å². The van der Waals surface area contributed by atoms with Crippen molar-refractivity contribution in [3.8, 4) is 5.75 Å². The smallest absolute Gasteiger partial charge is 0.313 e. The van der Waals surface area contributed by atoms with E-state index in [1.54, 1.807) is 24.3 Å². The molecule has 2 aromatic carbocycles. The molecule has 0 atom stereocenters. The van der Waals surface area contributed by atoms with Crippen molar-refractivity contribution in [1.29, 1.82) is 0 Å². The van der Waals surface area contributed by atoms with Crippen LogP contribution in [-0.4, -0.2) is 18.9 Å². The van der Waals surface area contributed by atoms with Crippen LogP contribution >= 0.6 is 0 Å². The highest BCUT2D eigenvalue weighted by Crippen LogP contribution is 2.16. The maximum Gasteiger partial charge on any atom is 0.313 e. The number of hydrogen-bond donors (Lipinski definition) is 0. The van der Waals surface area contributed by atoms with Crippen molar-refractivity contribution >= 4 is 11.8 Å². The molecule has 0 amide bonds. The molecular weight excluding hydrogens is 268 g/mol. The summed E-state index contributed by atoms with van der Waals surface area (Å²) in [5.74, 6) is -0.239. The van der Waals surface area contributed by atoms with Gasteiger partial charge in [-0.25, -0.2) is 0 Å². The third-order valence-corrected chi connectivity index (χ3v) is 2.94. The fraction of sp³-hybridized carbons (Fsp3) is 0.176. The number of Topliss-reactive ketones (excluding diaryl/α,β-unsaturated/α-hetero) is 1. The Hall–Kier alpha value is -2.62. The van der Waals surface area contributed by atoms with E-state index in [-0.39, 0.29) is 12.2 Å². The van der Waals surface area contributed by atoms with Crippen LogP contribution in [0.2, 0.25) is 0 Å². The van der Waals surface area contributed by atoms with Crippen molar-refractivity contribution in [3.05, 3.63) is 65.7 Å². The largest absolute Gasteiger partial charge is 0.489 e. The first-order chi connectivity index (χ1) is 10.2. The molecule has 0 aromatic heterocycles. The van der Waals surface area contributed by atoms with Gasteiger partial charge >= 0.3 is 5.97 Å². The molecule has 0 aliphatic rings. The van der Waals surface area contributed by atoms with Gasteiger partial charge in [-0.1, -0.05) is 42.5 Å². The van der Waals surface area contributed by atoms with Crippen molar-refractivity contribution in [2.75, 3.05) is 7.11 Å². The highest BCUT2D eigenvalue weighted by atomic mass is 16.5. The number of rotatable bonds is 6. The van der Waals surface area contributed by atoms with Crippen LogP contribution < -0.4 is 4.74 Å². The molecule has 0 fully saturated rings. The minimum Gasteiger partial charge on any atom is -0.489 e. The van der Waals surface area contributed by atoms with Gasteiger partial charge in [0.15, 0.2) is 5.78 Å². The lowest BCUT2D eigenvalue weighted by molar-refractivity contribution is -0.139. The Kier molecular flexibility index (Phi) is 5.10. The summed E-state index contributed by atoms with van der Waals surface area (Å²) in [5.41, 5.74) is 1.48. The predicted molar refractivity (Wildman–Crippen MR) is 78.2 cm³/mol. The number of hydrogen-bond acceptors (Lipinski definition) is 4. The normalized spacial score (nSPS) is 9.95. The minimum absolute atomic E-state index is 0.265. The molecule has 0 aliphatic heterocycles. The van der Waals surface area contributed by atoms with Gasteiger partial charge in [-0.2, -0.15) is 0 Å². The second-order valence-corrected chi connectivity index (χ2v) is 4.48. The summed E-state index contributed by atoms with van der Waals surface area (Å²) in [6.07, 6.45) is -0.265. The molecule has 0 spiro atoms. The van der Waals surface area contributed by atoms with Crippen LogP contribution in [0.3, 0.4) is 0 Å². The molecule has 4 heteroatoms. The fourth-order valence-electron chi connectivity index (χ4n) is 1.81. The van der Waals surface area contributed by atoms with Gasteiger partial charge in [0.05, 0.1) is 7.11 Å². The standard InChI is InChI=1S/C17H16O4/c1-20-17(19)11-16(18)14-8-5-9-15(10-14)21-12-13-6-3-2-4-7-13/h2-10H,11-12H2,1H3. The number of carbonyl (C=O) groups is 2. The Morgan fingerprint density at radius 2 is 1.76 bits per heavy atom. The van der Waals surface area contributed by atoms with Crippen molar-refractivity contribution in [2.24, 2.45) is 0 Å². The molecule has 21 heavy (non-hydrogen) atoms. The highest BCUT2D eigenvalue weighted by Gasteiger charge is 2.12. The van der Waals surface area contributed by atoms with Crippen molar-refractivity contribution in [1.82, 2.24) is 0 Å². The molecule has 2 aromatic rings. The zero-order chi connectivity index (χ0) is 15.1. The van der Waals surface area contributed by atoms with Gasteiger partial charge in [0.25, 0.3) is 0 Å². The molecule has 0 N–H and O–H groups in total. The van der Waals surface area contributed by atoms with Gasteiger partial charge in [-0.15, -0.1) is 0 Å². The van der Waals surface area contributed by atoms with E-state index < -0.39 is 5.97 Å². The summed E-state index contributed by atoms with van der Waals surface area (Å²) >= 11 is 0. The average Bonchev–Trinajstić information content (AvgIpc) is 2.54. The van der Waals surface area contributed by atoms with Crippen LogP contribution in [0.5, 0.6) is 5.75 Å². The molecule has 0 saturated heterocycles. The molecule has 0 aliphatic carbocycles. The van der Waals surface area contributed by atoms with Crippen molar-refractivity contribution in [3.63, 3.8) is 0 Å². The Morgan fingerprint density at radius 3 is 2.48 bits per heavy atom.